The minimum absolute atomic E-state index is 0.458. The normalized spacial score (nSPS) is 49.3. The lowest BCUT2D eigenvalue weighted by atomic mass is 10.3. The Morgan fingerprint density at radius 2 is 2.43 bits per heavy atom. The number of hydrogen-bond donors (Lipinski definition) is 0. The molecule has 1 heterocycles. The molecule has 0 N–H and O–H groups in total. The third-order valence-electron chi connectivity index (χ3n) is 1.98. The highest BCUT2D eigenvalue weighted by molar-refractivity contribution is 5.00. The van der Waals surface area contributed by atoms with Crippen molar-refractivity contribution < 1.29 is 0 Å². The molecule has 0 aromatic heterocycles. The van der Waals surface area contributed by atoms with Gasteiger partial charge in [-0.15, -0.1) is 0 Å². The molecule has 0 spiro atoms. The van der Waals surface area contributed by atoms with Crippen molar-refractivity contribution in [1.29, 1.82) is 0 Å². The third kappa shape index (κ3) is 0.409. The highest BCUT2D eigenvalue weighted by atomic mass is 16.5. The maximum absolute atomic E-state index is 10.5. The van der Waals surface area contributed by atoms with Gasteiger partial charge in [0.05, 0.1) is 0 Å². The van der Waals surface area contributed by atoms with Gasteiger partial charge in [-0.3, -0.25) is 0 Å². The average Bonchev–Trinajstić information content (AvgIpc) is 2.33. The lowest BCUT2D eigenvalue weighted by Gasteiger charge is -2.22. The van der Waals surface area contributed by atoms with Crippen LogP contribution in [0.4, 0.5) is 0 Å². The molecule has 0 aromatic rings. The first-order valence-electron chi connectivity index (χ1n) is 2.82. The number of rotatable bonds is 0. The molecule has 1 aliphatic heterocycles. The van der Waals surface area contributed by atoms with Crippen molar-refractivity contribution >= 4 is 0 Å². The van der Waals surface area contributed by atoms with Crippen LogP contribution in [0.25, 0.3) is 0 Å². The van der Waals surface area contributed by atoms with Crippen LogP contribution in [-0.4, -0.2) is 17.6 Å². The Balaban J connectivity index is 2.08. The largest absolute Gasteiger partial charge is 0.785 e. The summed E-state index contributed by atoms with van der Waals surface area (Å²) in [5, 5.41) is 11.8. The van der Waals surface area contributed by atoms with Crippen LogP contribution in [-0.2, 0) is 0 Å². The van der Waals surface area contributed by atoms with Gasteiger partial charge in [-0.25, -0.2) is 0 Å². The van der Waals surface area contributed by atoms with Crippen LogP contribution in [0.1, 0.15) is 12.8 Å². The fourth-order valence-electron chi connectivity index (χ4n) is 1.35. The zero-order valence-corrected chi connectivity index (χ0v) is 4.13. The molecular weight excluding hydrogens is 90.1 g/mol. The summed E-state index contributed by atoms with van der Waals surface area (Å²) in [5.74, 6) is 0.803. The Labute approximate surface area is 42.7 Å². The van der Waals surface area contributed by atoms with E-state index in [9.17, 15) is 5.21 Å². The van der Waals surface area contributed by atoms with Crippen LogP contribution in [0.15, 0.2) is 0 Å². The molecule has 0 bridgehead atoms. The van der Waals surface area contributed by atoms with Gasteiger partial charge in [-0.05, 0) is 25.3 Å². The first kappa shape index (κ1) is 3.87. The number of nitrogens with zero attached hydrogens (tertiary/aromatic N) is 1. The highest BCUT2D eigenvalue weighted by Gasteiger charge is 2.42. The lowest BCUT2D eigenvalue weighted by Crippen LogP contribution is -2.13. The predicted octanol–water partition coefficient (Wildman–Crippen LogP) is 0.578. The molecular formula is C5H8NO-. The number of hydroxylamine groups is 2. The summed E-state index contributed by atoms with van der Waals surface area (Å²) in [4.78, 5) is 0. The minimum atomic E-state index is 0.458. The molecule has 7 heavy (non-hydrogen) atoms. The molecule has 1 aliphatic carbocycles. The summed E-state index contributed by atoms with van der Waals surface area (Å²) >= 11 is 0. The Hall–Kier alpha value is -0.0800. The van der Waals surface area contributed by atoms with Crippen LogP contribution in [0.2, 0.25) is 0 Å². The molecule has 2 unspecified atom stereocenters. The van der Waals surface area contributed by atoms with Crippen molar-refractivity contribution in [2.45, 2.75) is 18.9 Å². The zero-order chi connectivity index (χ0) is 4.85. The topological polar surface area (TPSA) is 26.3 Å². The maximum Gasteiger partial charge on any atom is 0.000691 e. The molecule has 2 nitrogen and oxygen atoms in total. The van der Waals surface area contributed by atoms with E-state index >= 15 is 0 Å². The van der Waals surface area contributed by atoms with E-state index in [4.69, 9.17) is 0 Å². The van der Waals surface area contributed by atoms with Crippen molar-refractivity contribution in [3.8, 4) is 0 Å². The smallest absolute Gasteiger partial charge is 0.000691 e. The summed E-state index contributed by atoms with van der Waals surface area (Å²) in [6.45, 7) is 0.801. The van der Waals surface area contributed by atoms with Gasteiger partial charge >= 0.3 is 0 Å². The highest BCUT2D eigenvalue weighted by Crippen LogP contribution is 2.43. The molecule has 40 valence electrons. The van der Waals surface area contributed by atoms with Gasteiger partial charge in [0, 0.05) is 6.04 Å². The van der Waals surface area contributed by atoms with Gasteiger partial charge < -0.3 is 10.3 Å². The summed E-state index contributed by atoms with van der Waals surface area (Å²) in [5.41, 5.74) is 0. The lowest BCUT2D eigenvalue weighted by molar-refractivity contribution is 0.417. The zero-order valence-electron chi connectivity index (χ0n) is 4.13. The van der Waals surface area contributed by atoms with E-state index in [-0.39, 0.29) is 0 Å². The van der Waals surface area contributed by atoms with E-state index in [1.807, 2.05) is 0 Å². The van der Waals surface area contributed by atoms with Gasteiger partial charge in [-0.2, -0.15) is 0 Å². The van der Waals surface area contributed by atoms with E-state index < -0.39 is 0 Å². The Morgan fingerprint density at radius 3 is 2.57 bits per heavy atom. The molecule has 2 aliphatic rings. The van der Waals surface area contributed by atoms with Crippen molar-refractivity contribution in [3.63, 3.8) is 0 Å². The van der Waals surface area contributed by atoms with E-state index in [0.29, 0.717) is 6.04 Å². The molecule has 0 radical (unpaired) electrons. The van der Waals surface area contributed by atoms with Crippen molar-refractivity contribution in [2.24, 2.45) is 5.92 Å². The van der Waals surface area contributed by atoms with Gasteiger partial charge in [-0.1, -0.05) is 0 Å². The maximum atomic E-state index is 10.5. The second-order valence-electron chi connectivity index (χ2n) is 2.49. The minimum Gasteiger partial charge on any atom is -0.785 e. The second kappa shape index (κ2) is 1.01. The number of hydrogen-bond acceptors (Lipinski definition) is 2. The van der Waals surface area contributed by atoms with Crippen LogP contribution in [0.5, 0.6) is 0 Å². The fraction of sp³-hybridized carbons (Fsp3) is 1.00. The first-order chi connectivity index (χ1) is 3.38. The Bertz CT molecular complexity index is 94.1. The SMILES string of the molecule is [O-]N1CCC2CC21. The van der Waals surface area contributed by atoms with E-state index in [1.54, 1.807) is 0 Å². The van der Waals surface area contributed by atoms with Crippen molar-refractivity contribution in [3.05, 3.63) is 5.21 Å². The first-order valence-corrected chi connectivity index (χ1v) is 2.82. The van der Waals surface area contributed by atoms with Gasteiger partial charge in [0.2, 0.25) is 0 Å². The van der Waals surface area contributed by atoms with Gasteiger partial charge in [0.1, 0.15) is 0 Å². The van der Waals surface area contributed by atoms with Crippen LogP contribution < -0.4 is 0 Å². The van der Waals surface area contributed by atoms with Gasteiger partial charge in [0.25, 0.3) is 0 Å². The molecule has 0 amide bonds. The van der Waals surface area contributed by atoms with E-state index in [0.717, 1.165) is 18.9 Å². The summed E-state index contributed by atoms with van der Waals surface area (Å²) in [6, 6.07) is 0.458. The van der Waals surface area contributed by atoms with Crippen LogP contribution in [0.3, 0.4) is 0 Å². The molecule has 2 atom stereocenters. The summed E-state index contributed by atoms with van der Waals surface area (Å²) in [6.07, 6.45) is 2.34. The van der Waals surface area contributed by atoms with Crippen LogP contribution in [0, 0.1) is 11.1 Å². The van der Waals surface area contributed by atoms with E-state index in [2.05, 4.69) is 0 Å². The fourth-order valence-corrected chi connectivity index (χ4v) is 1.35. The third-order valence-corrected chi connectivity index (χ3v) is 1.98. The standard InChI is InChI=1S/C5H8NO/c7-6-2-1-4-3-5(4)6/h4-5H,1-3H2/q-1. The quantitative estimate of drug-likeness (QED) is 0.443. The molecule has 0 aromatic carbocycles. The van der Waals surface area contributed by atoms with Crippen LogP contribution >= 0.6 is 0 Å². The Morgan fingerprint density at radius 1 is 1.57 bits per heavy atom. The predicted molar refractivity (Wildman–Crippen MR) is 26.6 cm³/mol. The molecule has 2 rings (SSSR count). The molecule has 2 heteroatoms. The molecule has 2 fully saturated rings. The number of piperidine rings is 1. The average molecular weight is 98.1 g/mol. The van der Waals surface area contributed by atoms with E-state index in [1.165, 1.54) is 11.5 Å². The second-order valence-corrected chi connectivity index (χ2v) is 2.49. The van der Waals surface area contributed by atoms with Crippen molar-refractivity contribution in [1.82, 2.24) is 5.06 Å². The monoisotopic (exact) mass is 98.1 g/mol. The van der Waals surface area contributed by atoms with Gasteiger partial charge in [0.15, 0.2) is 0 Å². The molecule has 1 saturated heterocycles. The number of fused-ring (bicyclic) bond motifs is 1. The van der Waals surface area contributed by atoms with Crippen molar-refractivity contribution in [2.75, 3.05) is 6.54 Å². The summed E-state index contributed by atoms with van der Waals surface area (Å²) in [7, 11) is 0. The summed E-state index contributed by atoms with van der Waals surface area (Å²) < 4.78 is 0. The molecule has 1 saturated carbocycles. The Kier molecular flexibility index (Phi) is 0.557.